The Labute approximate surface area is 199 Å². The summed E-state index contributed by atoms with van der Waals surface area (Å²) in [5.41, 5.74) is 1.46. The Bertz CT molecular complexity index is 1440. The smallest absolute Gasteiger partial charge is 0.256 e. The van der Waals surface area contributed by atoms with E-state index in [2.05, 4.69) is 10.6 Å². The highest BCUT2D eigenvalue weighted by molar-refractivity contribution is 5.92. The van der Waals surface area contributed by atoms with Crippen LogP contribution in [0, 0.1) is 11.6 Å². The van der Waals surface area contributed by atoms with E-state index in [1.165, 1.54) is 17.7 Å². The fourth-order valence-electron chi connectivity index (χ4n) is 3.65. The third kappa shape index (κ3) is 5.40. The zero-order chi connectivity index (χ0) is 24.9. The van der Waals surface area contributed by atoms with Crippen molar-refractivity contribution >= 4 is 28.2 Å². The molecular weight excluding hydrogens is 456 g/mol. The predicted octanol–water partition coefficient (Wildman–Crippen LogP) is 4.55. The number of fused-ring (bicyclic) bond motifs is 1. The zero-order valence-electron chi connectivity index (χ0n) is 19.1. The molecule has 0 aliphatic carbocycles. The van der Waals surface area contributed by atoms with Crippen molar-refractivity contribution in [1.29, 1.82) is 0 Å². The van der Waals surface area contributed by atoms with Crippen LogP contribution in [-0.2, 0) is 17.9 Å². The van der Waals surface area contributed by atoms with E-state index < -0.39 is 17.5 Å². The number of carbonyl (C=O) groups excluding carboxylic acids is 1. The third-order valence-electron chi connectivity index (χ3n) is 5.46. The number of benzene rings is 3. The van der Waals surface area contributed by atoms with E-state index in [4.69, 9.17) is 9.47 Å². The third-order valence-corrected chi connectivity index (χ3v) is 5.46. The van der Waals surface area contributed by atoms with E-state index in [0.717, 1.165) is 23.2 Å². The molecule has 0 atom stereocenters. The molecule has 0 aliphatic rings. The van der Waals surface area contributed by atoms with Crippen molar-refractivity contribution < 1.29 is 23.0 Å². The molecule has 180 valence electrons. The number of ether oxygens (including phenoxy) is 2. The number of amides is 1. The Hall–Kier alpha value is -4.40. The van der Waals surface area contributed by atoms with Gasteiger partial charge in [-0.2, -0.15) is 0 Å². The van der Waals surface area contributed by atoms with Gasteiger partial charge < -0.3 is 20.1 Å². The molecule has 0 saturated carbocycles. The van der Waals surface area contributed by atoms with Gasteiger partial charge in [0.05, 0.1) is 19.7 Å². The lowest BCUT2D eigenvalue weighted by Gasteiger charge is -2.15. The first-order valence-electron chi connectivity index (χ1n) is 10.7. The summed E-state index contributed by atoms with van der Waals surface area (Å²) in [7, 11) is 3.09. The highest BCUT2D eigenvalue weighted by atomic mass is 19.2. The van der Waals surface area contributed by atoms with Crippen molar-refractivity contribution in [1.82, 2.24) is 4.57 Å². The average molecular weight is 479 g/mol. The van der Waals surface area contributed by atoms with Gasteiger partial charge in [-0.3, -0.25) is 14.2 Å². The summed E-state index contributed by atoms with van der Waals surface area (Å²) in [6.07, 6.45) is 0. The molecule has 0 radical (unpaired) electrons. The Balaban J connectivity index is 1.64. The second kappa shape index (κ2) is 10.3. The Kier molecular flexibility index (Phi) is 6.96. The van der Waals surface area contributed by atoms with Crippen LogP contribution in [0.4, 0.5) is 20.2 Å². The molecule has 2 N–H and O–H groups in total. The van der Waals surface area contributed by atoms with Crippen LogP contribution < -0.4 is 25.7 Å². The van der Waals surface area contributed by atoms with Crippen molar-refractivity contribution in [3.63, 3.8) is 0 Å². The monoisotopic (exact) mass is 479 g/mol. The van der Waals surface area contributed by atoms with E-state index in [1.807, 2.05) is 12.1 Å². The molecule has 0 spiro atoms. The molecule has 1 amide bonds. The van der Waals surface area contributed by atoms with Crippen molar-refractivity contribution in [3.05, 3.63) is 94.3 Å². The van der Waals surface area contributed by atoms with Crippen molar-refractivity contribution in [2.45, 2.75) is 13.1 Å². The molecule has 0 saturated heterocycles. The number of aromatic nitrogens is 1. The largest absolute Gasteiger partial charge is 0.497 e. The maximum atomic E-state index is 13.5. The summed E-state index contributed by atoms with van der Waals surface area (Å²) in [6.45, 7) is -0.115. The maximum Gasteiger partial charge on any atom is 0.256 e. The van der Waals surface area contributed by atoms with Gasteiger partial charge in [-0.1, -0.05) is 0 Å². The normalized spacial score (nSPS) is 10.7. The number of pyridine rings is 1. The van der Waals surface area contributed by atoms with E-state index in [-0.39, 0.29) is 24.3 Å². The minimum Gasteiger partial charge on any atom is -0.497 e. The average Bonchev–Trinajstić information content (AvgIpc) is 2.87. The van der Waals surface area contributed by atoms with Crippen LogP contribution in [0.25, 0.3) is 10.9 Å². The number of hydrogen-bond acceptors (Lipinski definition) is 5. The summed E-state index contributed by atoms with van der Waals surface area (Å²) in [6, 6.07) is 17.3. The van der Waals surface area contributed by atoms with Gasteiger partial charge in [0.2, 0.25) is 5.91 Å². The molecule has 3 aromatic carbocycles. The predicted molar refractivity (Wildman–Crippen MR) is 130 cm³/mol. The highest BCUT2D eigenvalue weighted by Crippen LogP contribution is 2.22. The molecule has 0 fully saturated rings. The van der Waals surface area contributed by atoms with Gasteiger partial charge in [-0.15, -0.1) is 0 Å². The number of hydrogen-bond donors (Lipinski definition) is 2. The van der Waals surface area contributed by atoms with Gasteiger partial charge in [0, 0.05) is 35.6 Å². The number of halogens is 2. The number of nitrogens with one attached hydrogen (secondary N) is 2. The number of rotatable bonds is 8. The van der Waals surface area contributed by atoms with Crippen LogP contribution in [0.3, 0.4) is 0 Å². The summed E-state index contributed by atoms with van der Waals surface area (Å²) < 4.78 is 38.5. The molecule has 4 aromatic rings. The second-order valence-corrected chi connectivity index (χ2v) is 7.74. The summed E-state index contributed by atoms with van der Waals surface area (Å²) >= 11 is 0. The van der Waals surface area contributed by atoms with Gasteiger partial charge >= 0.3 is 0 Å². The van der Waals surface area contributed by atoms with Gasteiger partial charge in [-0.05, 0) is 60.0 Å². The molecule has 4 rings (SSSR count). The fraction of sp³-hybridized carbons (Fsp3) is 0.154. The molecule has 1 heterocycles. The standard InChI is InChI=1S/C26H23F2N3O4/c1-34-20-8-4-18(5-9-20)29-14-17-11-16-3-7-21(35-2)13-24(16)31(26(17)33)15-25(32)30-19-6-10-22(27)23(28)12-19/h3-13,29H,14-15H2,1-2H3,(H,30,32). The number of carbonyl (C=O) groups is 1. The van der Waals surface area contributed by atoms with E-state index in [9.17, 15) is 18.4 Å². The molecule has 9 heteroatoms. The zero-order valence-corrected chi connectivity index (χ0v) is 19.1. The Morgan fingerprint density at radius 2 is 1.54 bits per heavy atom. The number of nitrogens with zero attached hydrogens (tertiary/aromatic N) is 1. The summed E-state index contributed by atoms with van der Waals surface area (Å²) in [4.78, 5) is 26.1. The SMILES string of the molecule is COc1ccc(NCc2cc3ccc(OC)cc3n(CC(=O)Nc3ccc(F)c(F)c3)c2=O)cc1. The molecule has 0 aliphatic heterocycles. The Morgan fingerprint density at radius 1 is 0.857 bits per heavy atom. The minimum absolute atomic E-state index is 0.0844. The van der Waals surface area contributed by atoms with Gasteiger partial charge in [0.1, 0.15) is 18.0 Å². The summed E-state index contributed by atoms with van der Waals surface area (Å²) in [5, 5.41) is 6.44. The van der Waals surface area contributed by atoms with E-state index in [0.29, 0.717) is 22.6 Å². The number of methoxy groups -OCH3 is 2. The molecule has 0 unspecified atom stereocenters. The van der Waals surface area contributed by atoms with Gasteiger partial charge in [-0.25, -0.2) is 8.78 Å². The van der Waals surface area contributed by atoms with Crippen molar-refractivity contribution in [2.75, 3.05) is 24.9 Å². The molecule has 35 heavy (non-hydrogen) atoms. The van der Waals surface area contributed by atoms with Crippen LogP contribution in [0.5, 0.6) is 11.5 Å². The topological polar surface area (TPSA) is 81.6 Å². The van der Waals surface area contributed by atoms with Crippen LogP contribution in [0.2, 0.25) is 0 Å². The molecule has 1 aromatic heterocycles. The second-order valence-electron chi connectivity index (χ2n) is 7.74. The van der Waals surface area contributed by atoms with Crippen LogP contribution in [-0.4, -0.2) is 24.7 Å². The van der Waals surface area contributed by atoms with Crippen LogP contribution in [0.1, 0.15) is 5.56 Å². The lowest BCUT2D eigenvalue weighted by Crippen LogP contribution is -2.30. The maximum absolute atomic E-state index is 13.5. The van der Waals surface area contributed by atoms with Gasteiger partial charge in [0.15, 0.2) is 11.6 Å². The number of anilines is 2. The lowest BCUT2D eigenvalue weighted by molar-refractivity contribution is -0.116. The molecular formula is C26H23F2N3O4. The van der Waals surface area contributed by atoms with Crippen LogP contribution >= 0.6 is 0 Å². The van der Waals surface area contributed by atoms with Crippen molar-refractivity contribution in [3.8, 4) is 11.5 Å². The first-order chi connectivity index (χ1) is 16.9. The van der Waals surface area contributed by atoms with E-state index in [1.54, 1.807) is 43.5 Å². The van der Waals surface area contributed by atoms with Crippen LogP contribution in [0.15, 0.2) is 71.5 Å². The quantitative estimate of drug-likeness (QED) is 0.388. The van der Waals surface area contributed by atoms with Gasteiger partial charge in [0.25, 0.3) is 5.56 Å². The lowest BCUT2D eigenvalue weighted by atomic mass is 10.1. The van der Waals surface area contributed by atoms with Crippen molar-refractivity contribution in [2.24, 2.45) is 0 Å². The first kappa shape index (κ1) is 23.7. The Morgan fingerprint density at radius 3 is 2.23 bits per heavy atom. The fourth-order valence-corrected chi connectivity index (χ4v) is 3.65. The highest BCUT2D eigenvalue weighted by Gasteiger charge is 2.14. The molecule has 7 nitrogen and oxygen atoms in total. The molecule has 0 bridgehead atoms. The summed E-state index contributed by atoms with van der Waals surface area (Å²) in [5.74, 6) is -1.43. The van der Waals surface area contributed by atoms with E-state index >= 15 is 0 Å². The first-order valence-corrected chi connectivity index (χ1v) is 10.7. The minimum atomic E-state index is -1.08.